The van der Waals surface area contributed by atoms with Crippen molar-refractivity contribution in [1.82, 2.24) is 0 Å². The molecule has 3 heteroatoms. The molecule has 48 heavy (non-hydrogen) atoms. The van der Waals surface area contributed by atoms with Gasteiger partial charge in [0.15, 0.2) is 0 Å². The van der Waals surface area contributed by atoms with Crippen LogP contribution in [-0.4, -0.2) is 4.21 Å². The smallest absolute Gasteiger partial charge is 0.0240 e. The molecular formula is C45H44Cl2Zr-4. The van der Waals surface area contributed by atoms with Crippen LogP contribution in [0.15, 0.2) is 132 Å². The van der Waals surface area contributed by atoms with Gasteiger partial charge in [-0.2, -0.15) is 82.9 Å². The van der Waals surface area contributed by atoms with Gasteiger partial charge in [0.05, 0.1) is 0 Å². The van der Waals surface area contributed by atoms with Crippen LogP contribution in [-0.2, 0) is 30.7 Å². The Labute approximate surface area is 316 Å². The Morgan fingerprint density at radius 3 is 1.62 bits per heavy atom. The van der Waals surface area contributed by atoms with Crippen molar-refractivity contribution in [3.8, 4) is 11.1 Å². The van der Waals surface area contributed by atoms with Crippen molar-refractivity contribution in [1.29, 1.82) is 0 Å². The number of hydrogen-bond donors (Lipinski definition) is 0. The van der Waals surface area contributed by atoms with Gasteiger partial charge in [-0.3, -0.25) is 6.08 Å². The average Bonchev–Trinajstić information content (AvgIpc) is 3.60. The zero-order chi connectivity index (χ0) is 33.1. The Kier molecular flexibility index (Phi) is 17.2. The number of allylic oxidation sites excluding steroid dienone is 4. The van der Waals surface area contributed by atoms with E-state index >= 15 is 0 Å². The van der Waals surface area contributed by atoms with Gasteiger partial charge >= 0.3 is 28.4 Å². The van der Waals surface area contributed by atoms with E-state index in [1.54, 1.807) is 0 Å². The molecule has 0 saturated heterocycles. The molecule has 8 rings (SSSR count). The molecule has 6 aromatic rings. The zero-order valence-electron chi connectivity index (χ0n) is 28.8. The van der Waals surface area contributed by atoms with E-state index < -0.39 is 0 Å². The maximum Gasteiger partial charge on any atom is -0.0240 e. The first-order chi connectivity index (χ1) is 22.3. The van der Waals surface area contributed by atoms with Crippen molar-refractivity contribution in [3.63, 3.8) is 0 Å². The maximum absolute atomic E-state index is 3.48. The third-order valence-electron chi connectivity index (χ3n) is 8.61. The number of benzene rings is 6. The number of aryl methyl sites for hydroxylation is 2. The third-order valence-corrected chi connectivity index (χ3v) is 8.61. The first-order valence-electron chi connectivity index (χ1n) is 15.8. The fourth-order valence-corrected chi connectivity index (χ4v) is 5.83. The minimum absolute atomic E-state index is 0. The van der Waals surface area contributed by atoms with Gasteiger partial charge in [-0.05, 0) is 28.5 Å². The summed E-state index contributed by atoms with van der Waals surface area (Å²) in [7, 11) is 0. The van der Waals surface area contributed by atoms with E-state index in [4.69, 9.17) is 0 Å². The number of fused-ring (bicyclic) bond motifs is 8. The Hall–Kier alpha value is -3.35. The molecule has 6 aromatic carbocycles. The van der Waals surface area contributed by atoms with Crippen molar-refractivity contribution >= 4 is 50.6 Å². The van der Waals surface area contributed by atoms with Gasteiger partial charge in [0.1, 0.15) is 0 Å². The number of hydrogen-bond acceptors (Lipinski definition) is 0. The molecule has 0 saturated carbocycles. The summed E-state index contributed by atoms with van der Waals surface area (Å²) in [5.74, 6) is 0.560. The summed E-state index contributed by atoms with van der Waals surface area (Å²) >= 11 is 1.30. The summed E-state index contributed by atoms with van der Waals surface area (Å²) in [5.41, 5.74) is 12.5. The quantitative estimate of drug-likeness (QED) is 0.107. The van der Waals surface area contributed by atoms with E-state index in [1.165, 1.54) is 95.9 Å². The fraction of sp³-hybridized carbons (Fsp3) is 0.178. The normalized spacial score (nSPS) is 13.2. The summed E-state index contributed by atoms with van der Waals surface area (Å²) in [5, 5.41) is 5.30. The van der Waals surface area contributed by atoms with Gasteiger partial charge in [-0.25, -0.2) is 5.57 Å². The van der Waals surface area contributed by atoms with E-state index in [9.17, 15) is 0 Å². The van der Waals surface area contributed by atoms with Gasteiger partial charge < -0.3 is 0 Å². The van der Waals surface area contributed by atoms with Crippen LogP contribution in [0.4, 0.5) is 0 Å². The van der Waals surface area contributed by atoms with Crippen LogP contribution in [0.25, 0.3) is 32.7 Å². The molecule has 0 spiro atoms. The van der Waals surface area contributed by atoms with Crippen LogP contribution >= 0.6 is 24.8 Å². The molecule has 0 nitrogen and oxygen atoms in total. The third kappa shape index (κ3) is 10.1. The molecule has 2 aliphatic carbocycles. The molecule has 1 atom stereocenters. The second-order valence-electron chi connectivity index (χ2n) is 11.6. The molecule has 246 valence electrons. The SMILES string of the molecule is CC1=[C-]C(C)C(C)=C1C.Cc1cc[c-]cc1.Cc1cc[c-]cc1.Cl.Cl.[CH2]=[Zr].[c-]1cccc2c1c1c(c3ccccc32)-c2ccccc2C1. The minimum atomic E-state index is 0. The zero-order valence-corrected chi connectivity index (χ0v) is 32.9. The summed E-state index contributed by atoms with van der Waals surface area (Å²) < 4.78 is 3.34. The average molecular weight is 747 g/mol. The molecule has 0 aromatic heterocycles. The van der Waals surface area contributed by atoms with Gasteiger partial charge in [-0.15, -0.1) is 72.3 Å². The molecule has 0 amide bonds. The fourth-order valence-electron chi connectivity index (χ4n) is 5.83. The molecule has 2 aliphatic rings. The van der Waals surface area contributed by atoms with Crippen LogP contribution in [0.2, 0.25) is 0 Å². The summed E-state index contributed by atoms with van der Waals surface area (Å²) in [6.45, 7) is 12.8. The maximum atomic E-state index is 3.48. The van der Waals surface area contributed by atoms with Gasteiger partial charge in [-0.1, -0.05) is 94.5 Å². The van der Waals surface area contributed by atoms with Crippen molar-refractivity contribution in [2.24, 2.45) is 5.92 Å². The summed E-state index contributed by atoms with van der Waals surface area (Å²) in [6, 6.07) is 49.0. The molecule has 0 bridgehead atoms. The summed E-state index contributed by atoms with van der Waals surface area (Å²) in [4.78, 5) is 0. The minimum Gasteiger partial charge on any atom is -0.147 e. The summed E-state index contributed by atoms with van der Waals surface area (Å²) in [6.07, 6.45) is 4.38. The second-order valence-corrected chi connectivity index (χ2v) is 11.6. The van der Waals surface area contributed by atoms with Gasteiger partial charge in [0.2, 0.25) is 0 Å². The van der Waals surface area contributed by atoms with Crippen molar-refractivity contribution in [2.45, 2.75) is 48.0 Å². The van der Waals surface area contributed by atoms with E-state index in [-0.39, 0.29) is 24.8 Å². The standard InChI is InChI=1S/C21H13.C9H13.2C7H7.CH2.2ClH.Zr/c1-2-8-15-14(7-1)13-20-18-11-4-3-9-16(18)17-10-5-6-12-19(17)21(15)20;1-6-5-7(2)9(4)8(6)3;2*1-7-5-3-2-4-6-7;;;;/h1-10,12H,13H2;6H,1-4H3;2*3-6H,1H3;1H2;2*1H;/q4*-1;;;;. The topological polar surface area (TPSA) is 0 Å². The van der Waals surface area contributed by atoms with Crippen LogP contribution in [0.5, 0.6) is 0 Å². The molecule has 0 heterocycles. The van der Waals surface area contributed by atoms with Gasteiger partial charge in [0.25, 0.3) is 0 Å². The molecule has 0 N–H and O–H groups in total. The molecular weight excluding hydrogens is 703 g/mol. The largest absolute Gasteiger partial charge is 0.147 e. The Morgan fingerprint density at radius 2 is 1.15 bits per heavy atom. The monoisotopic (exact) mass is 744 g/mol. The van der Waals surface area contributed by atoms with Gasteiger partial charge in [0, 0.05) is 0 Å². The number of halogens is 2. The molecule has 0 aliphatic heterocycles. The Morgan fingerprint density at radius 1 is 0.625 bits per heavy atom. The first-order valence-corrected chi connectivity index (χ1v) is 17.5. The molecule has 0 fully saturated rings. The predicted octanol–water partition coefficient (Wildman–Crippen LogP) is 12.5. The van der Waals surface area contributed by atoms with Crippen LogP contribution in [0, 0.1) is 44.0 Å². The van der Waals surface area contributed by atoms with Crippen LogP contribution < -0.4 is 0 Å². The molecule has 1 unspecified atom stereocenters. The first kappa shape index (κ1) is 40.8. The van der Waals surface area contributed by atoms with E-state index in [2.05, 4.69) is 131 Å². The van der Waals surface area contributed by atoms with E-state index in [1.807, 2.05) is 54.6 Å². The van der Waals surface area contributed by atoms with Crippen molar-refractivity contribution in [2.75, 3.05) is 0 Å². The second kappa shape index (κ2) is 20.2. The van der Waals surface area contributed by atoms with Crippen molar-refractivity contribution < 1.29 is 24.2 Å². The van der Waals surface area contributed by atoms with E-state index in [0.717, 1.165) is 6.42 Å². The van der Waals surface area contributed by atoms with Crippen molar-refractivity contribution in [3.05, 3.63) is 179 Å². The molecule has 0 radical (unpaired) electrons. The Bertz CT molecular complexity index is 1920. The van der Waals surface area contributed by atoms with E-state index in [0.29, 0.717) is 5.92 Å². The van der Waals surface area contributed by atoms with Crippen LogP contribution in [0.3, 0.4) is 0 Å². The number of rotatable bonds is 0. The predicted molar refractivity (Wildman–Crippen MR) is 210 cm³/mol. The van der Waals surface area contributed by atoms with Crippen LogP contribution in [0.1, 0.15) is 49.9 Å². The Balaban J connectivity index is 0.000000248.